The van der Waals surface area contributed by atoms with E-state index in [9.17, 15) is 9.59 Å². The molecule has 2 N–H and O–H groups in total. The van der Waals surface area contributed by atoms with Gasteiger partial charge in [0, 0.05) is 11.7 Å². The summed E-state index contributed by atoms with van der Waals surface area (Å²) in [4.78, 5) is 25.1. The van der Waals surface area contributed by atoms with Gasteiger partial charge in [-0.05, 0) is 26.7 Å². The SMILES string of the molecule is Cc1n[nH]c(C)c1C(=O)N(CC(=O)O)C1CCCC1. The van der Waals surface area contributed by atoms with E-state index in [-0.39, 0.29) is 18.5 Å². The molecule has 1 fully saturated rings. The number of carbonyl (C=O) groups excluding carboxylic acids is 1. The average Bonchev–Trinajstić information content (AvgIpc) is 2.96. The van der Waals surface area contributed by atoms with Crippen molar-refractivity contribution in [1.82, 2.24) is 15.1 Å². The van der Waals surface area contributed by atoms with Crippen LogP contribution in [-0.2, 0) is 4.79 Å². The van der Waals surface area contributed by atoms with Crippen LogP contribution < -0.4 is 0 Å². The Hall–Kier alpha value is -1.85. The molecule has 6 heteroatoms. The second-order valence-corrected chi connectivity index (χ2v) is 5.07. The smallest absolute Gasteiger partial charge is 0.323 e. The van der Waals surface area contributed by atoms with E-state index in [1.54, 1.807) is 13.8 Å². The minimum absolute atomic E-state index is 0.0392. The molecule has 1 aromatic heterocycles. The standard InChI is InChI=1S/C13H19N3O3/c1-8-12(9(2)15-14-8)13(19)16(7-11(17)18)10-5-3-4-6-10/h10H,3-7H2,1-2H3,(H,14,15)(H,17,18). The minimum Gasteiger partial charge on any atom is -0.480 e. The molecule has 19 heavy (non-hydrogen) atoms. The zero-order valence-corrected chi connectivity index (χ0v) is 11.3. The van der Waals surface area contributed by atoms with Gasteiger partial charge in [0.2, 0.25) is 0 Å². The van der Waals surface area contributed by atoms with Crippen LogP contribution in [0, 0.1) is 13.8 Å². The molecule has 1 aliphatic carbocycles. The Labute approximate surface area is 111 Å². The fraction of sp³-hybridized carbons (Fsp3) is 0.615. The largest absolute Gasteiger partial charge is 0.480 e. The molecule has 0 saturated heterocycles. The summed E-state index contributed by atoms with van der Waals surface area (Å²) in [5.41, 5.74) is 1.82. The third kappa shape index (κ3) is 2.77. The van der Waals surface area contributed by atoms with E-state index < -0.39 is 5.97 Å². The van der Waals surface area contributed by atoms with Gasteiger partial charge >= 0.3 is 5.97 Å². The Morgan fingerprint density at radius 3 is 2.47 bits per heavy atom. The number of H-pyrrole nitrogens is 1. The maximum absolute atomic E-state index is 12.6. The molecule has 2 rings (SSSR count). The Balaban J connectivity index is 2.27. The van der Waals surface area contributed by atoms with Gasteiger partial charge in [-0.1, -0.05) is 12.8 Å². The van der Waals surface area contributed by atoms with E-state index in [2.05, 4.69) is 10.2 Å². The Kier molecular flexibility index (Phi) is 3.87. The van der Waals surface area contributed by atoms with Crippen molar-refractivity contribution in [2.75, 3.05) is 6.54 Å². The molecular weight excluding hydrogens is 246 g/mol. The summed E-state index contributed by atoms with van der Waals surface area (Å²) in [5, 5.41) is 15.8. The van der Waals surface area contributed by atoms with Crippen molar-refractivity contribution in [3.05, 3.63) is 17.0 Å². The Morgan fingerprint density at radius 2 is 2.00 bits per heavy atom. The lowest BCUT2D eigenvalue weighted by molar-refractivity contribution is -0.138. The molecule has 0 unspecified atom stereocenters. The van der Waals surface area contributed by atoms with Crippen molar-refractivity contribution in [1.29, 1.82) is 0 Å². The van der Waals surface area contributed by atoms with Crippen LogP contribution in [0.15, 0.2) is 0 Å². The topological polar surface area (TPSA) is 86.3 Å². The number of aliphatic carboxylic acids is 1. The molecule has 1 saturated carbocycles. The third-order valence-electron chi connectivity index (χ3n) is 3.67. The first kappa shape index (κ1) is 13.6. The molecule has 1 amide bonds. The summed E-state index contributed by atoms with van der Waals surface area (Å²) in [6.07, 6.45) is 3.87. The highest BCUT2D eigenvalue weighted by Gasteiger charge is 2.31. The van der Waals surface area contributed by atoms with E-state index in [0.717, 1.165) is 25.7 Å². The van der Waals surface area contributed by atoms with Gasteiger partial charge in [-0.15, -0.1) is 0 Å². The Bertz CT molecular complexity index is 470. The second-order valence-electron chi connectivity index (χ2n) is 5.07. The predicted octanol–water partition coefficient (Wildman–Crippen LogP) is 1.50. The number of nitrogens with one attached hydrogen (secondary N) is 1. The first-order chi connectivity index (χ1) is 9.00. The van der Waals surface area contributed by atoms with E-state index >= 15 is 0 Å². The van der Waals surface area contributed by atoms with Crippen LogP contribution in [0.5, 0.6) is 0 Å². The summed E-state index contributed by atoms with van der Waals surface area (Å²) >= 11 is 0. The lowest BCUT2D eigenvalue weighted by Crippen LogP contribution is -2.42. The van der Waals surface area contributed by atoms with Crippen molar-refractivity contribution < 1.29 is 14.7 Å². The van der Waals surface area contributed by atoms with Gasteiger partial charge in [-0.3, -0.25) is 14.7 Å². The molecule has 0 atom stereocenters. The van der Waals surface area contributed by atoms with Gasteiger partial charge in [0.05, 0.1) is 11.3 Å². The molecule has 104 valence electrons. The van der Waals surface area contributed by atoms with Crippen LogP contribution in [0.3, 0.4) is 0 Å². The summed E-state index contributed by atoms with van der Waals surface area (Å²) in [6.45, 7) is 3.29. The van der Waals surface area contributed by atoms with Crippen molar-refractivity contribution in [3.8, 4) is 0 Å². The van der Waals surface area contributed by atoms with Crippen LogP contribution in [0.1, 0.15) is 47.4 Å². The van der Waals surface area contributed by atoms with Crippen molar-refractivity contribution in [2.24, 2.45) is 0 Å². The highest BCUT2D eigenvalue weighted by atomic mass is 16.4. The molecule has 0 aromatic carbocycles. The number of carboxylic acids is 1. The number of carbonyl (C=O) groups is 2. The summed E-state index contributed by atoms with van der Waals surface area (Å²) in [6, 6.07) is 0.0392. The summed E-state index contributed by atoms with van der Waals surface area (Å²) in [7, 11) is 0. The fourth-order valence-corrected chi connectivity index (χ4v) is 2.74. The van der Waals surface area contributed by atoms with Gasteiger partial charge in [0.25, 0.3) is 5.91 Å². The van der Waals surface area contributed by atoms with Gasteiger partial charge in [-0.25, -0.2) is 0 Å². The summed E-state index contributed by atoms with van der Waals surface area (Å²) < 4.78 is 0. The first-order valence-corrected chi connectivity index (χ1v) is 6.55. The van der Waals surface area contributed by atoms with Gasteiger partial charge in [-0.2, -0.15) is 5.10 Å². The van der Waals surface area contributed by atoms with E-state index in [1.807, 2.05) is 0 Å². The third-order valence-corrected chi connectivity index (χ3v) is 3.67. The molecule has 1 heterocycles. The zero-order valence-electron chi connectivity index (χ0n) is 11.3. The van der Waals surface area contributed by atoms with Crippen LogP contribution in [-0.4, -0.2) is 44.7 Å². The Morgan fingerprint density at radius 1 is 1.37 bits per heavy atom. The number of rotatable bonds is 4. The molecular formula is C13H19N3O3. The maximum Gasteiger partial charge on any atom is 0.323 e. The highest BCUT2D eigenvalue weighted by molar-refractivity contribution is 5.98. The van der Waals surface area contributed by atoms with E-state index in [1.165, 1.54) is 4.90 Å². The van der Waals surface area contributed by atoms with Crippen LogP contribution in [0.4, 0.5) is 0 Å². The van der Waals surface area contributed by atoms with E-state index in [4.69, 9.17) is 5.11 Å². The van der Waals surface area contributed by atoms with Crippen LogP contribution in [0.25, 0.3) is 0 Å². The second kappa shape index (κ2) is 5.42. The highest BCUT2D eigenvalue weighted by Crippen LogP contribution is 2.25. The number of hydrogen-bond donors (Lipinski definition) is 2. The van der Waals surface area contributed by atoms with Gasteiger partial charge in [0.1, 0.15) is 6.54 Å². The van der Waals surface area contributed by atoms with Crippen molar-refractivity contribution in [3.63, 3.8) is 0 Å². The number of nitrogens with zero attached hydrogens (tertiary/aromatic N) is 2. The number of amides is 1. The molecule has 1 aromatic rings. The average molecular weight is 265 g/mol. The monoisotopic (exact) mass is 265 g/mol. The lowest BCUT2D eigenvalue weighted by Gasteiger charge is -2.27. The van der Waals surface area contributed by atoms with Crippen LogP contribution >= 0.6 is 0 Å². The normalized spacial score (nSPS) is 15.7. The number of aromatic nitrogens is 2. The van der Waals surface area contributed by atoms with Crippen molar-refractivity contribution in [2.45, 2.75) is 45.6 Å². The first-order valence-electron chi connectivity index (χ1n) is 6.55. The molecule has 0 bridgehead atoms. The number of aryl methyl sites for hydroxylation is 2. The van der Waals surface area contributed by atoms with Gasteiger partial charge < -0.3 is 10.0 Å². The maximum atomic E-state index is 12.6. The number of hydrogen-bond acceptors (Lipinski definition) is 3. The van der Waals surface area contributed by atoms with E-state index in [0.29, 0.717) is 17.0 Å². The zero-order chi connectivity index (χ0) is 14.0. The van der Waals surface area contributed by atoms with Crippen LogP contribution in [0.2, 0.25) is 0 Å². The molecule has 0 spiro atoms. The van der Waals surface area contributed by atoms with Gasteiger partial charge in [0.15, 0.2) is 0 Å². The minimum atomic E-state index is -0.973. The fourth-order valence-electron chi connectivity index (χ4n) is 2.74. The molecule has 1 aliphatic rings. The lowest BCUT2D eigenvalue weighted by atomic mass is 10.1. The summed E-state index contributed by atoms with van der Waals surface area (Å²) in [5.74, 6) is -1.20. The molecule has 0 aliphatic heterocycles. The molecule has 6 nitrogen and oxygen atoms in total. The molecule has 0 radical (unpaired) electrons. The predicted molar refractivity (Wildman–Crippen MR) is 69.0 cm³/mol. The van der Waals surface area contributed by atoms with Crippen molar-refractivity contribution >= 4 is 11.9 Å². The quantitative estimate of drug-likeness (QED) is 0.863. The number of aromatic amines is 1. The number of carboxylic acid groups (broad SMARTS) is 1.